The molecule has 0 aliphatic carbocycles. The third-order valence-corrected chi connectivity index (χ3v) is 5.54. The monoisotopic (exact) mass is 411 g/mol. The molecule has 1 aromatic heterocycles. The molecular formula is C24H21N5O2. The molecule has 7 nitrogen and oxygen atoms in total. The minimum Gasteiger partial charge on any atom is -0.336 e. The van der Waals surface area contributed by atoms with Gasteiger partial charge in [-0.1, -0.05) is 54.6 Å². The summed E-state index contributed by atoms with van der Waals surface area (Å²) in [4.78, 5) is 37.4. The van der Waals surface area contributed by atoms with Crippen LogP contribution in [0.15, 0.2) is 72.6 Å². The molecule has 2 aliphatic rings. The Morgan fingerprint density at radius 2 is 1.74 bits per heavy atom. The van der Waals surface area contributed by atoms with Crippen molar-refractivity contribution in [1.29, 1.82) is 0 Å². The number of amides is 3. The predicted octanol–water partition coefficient (Wildman–Crippen LogP) is 3.13. The van der Waals surface area contributed by atoms with Gasteiger partial charge in [0.05, 0.1) is 12.2 Å². The van der Waals surface area contributed by atoms with Crippen LogP contribution in [0.1, 0.15) is 22.4 Å². The molecule has 2 aliphatic heterocycles. The number of benzene rings is 2. The van der Waals surface area contributed by atoms with Crippen LogP contribution in [0.25, 0.3) is 6.08 Å². The molecule has 154 valence electrons. The normalized spacial score (nSPS) is 17.1. The van der Waals surface area contributed by atoms with Crippen molar-refractivity contribution in [3.8, 4) is 0 Å². The van der Waals surface area contributed by atoms with Crippen LogP contribution in [0.3, 0.4) is 0 Å². The van der Waals surface area contributed by atoms with E-state index in [-0.39, 0.29) is 5.70 Å². The second kappa shape index (κ2) is 8.02. The summed E-state index contributed by atoms with van der Waals surface area (Å²) in [5, 5.41) is 2.37. The first-order valence-corrected chi connectivity index (χ1v) is 10.2. The van der Waals surface area contributed by atoms with Gasteiger partial charge in [-0.3, -0.25) is 15.0 Å². The van der Waals surface area contributed by atoms with Crippen LogP contribution in [0, 0.1) is 0 Å². The molecule has 0 unspecified atom stereocenters. The van der Waals surface area contributed by atoms with E-state index >= 15 is 0 Å². The SMILES string of the molecule is O=C1NC(=O)N(Cc2ccccc2)C1=Cc1ccnc(N2CCc3ccccc3C2)n1. The maximum absolute atomic E-state index is 12.4. The smallest absolute Gasteiger partial charge is 0.329 e. The zero-order valence-corrected chi connectivity index (χ0v) is 16.9. The average molecular weight is 411 g/mol. The first-order chi connectivity index (χ1) is 15.2. The maximum Gasteiger partial charge on any atom is 0.329 e. The van der Waals surface area contributed by atoms with E-state index < -0.39 is 11.9 Å². The van der Waals surface area contributed by atoms with Gasteiger partial charge < -0.3 is 4.90 Å². The number of urea groups is 1. The Morgan fingerprint density at radius 1 is 0.968 bits per heavy atom. The van der Waals surface area contributed by atoms with Gasteiger partial charge in [0, 0.05) is 19.3 Å². The standard InChI is InChI=1S/C24H21N5O2/c30-22-21(29(24(31)27-22)15-17-6-2-1-3-7-17)14-20-10-12-25-23(26-20)28-13-11-18-8-4-5-9-19(18)16-28/h1-10,12,14H,11,13,15-16H2,(H,27,30,31). The van der Waals surface area contributed by atoms with Crippen molar-refractivity contribution < 1.29 is 9.59 Å². The minimum absolute atomic E-state index is 0.280. The number of nitrogens with zero attached hydrogens (tertiary/aromatic N) is 4. The zero-order valence-electron chi connectivity index (χ0n) is 16.9. The quantitative estimate of drug-likeness (QED) is 0.527. The van der Waals surface area contributed by atoms with Crippen molar-refractivity contribution in [3.05, 3.63) is 94.9 Å². The van der Waals surface area contributed by atoms with E-state index in [2.05, 4.69) is 38.4 Å². The summed E-state index contributed by atoms with van der Waals surface area (Å²) in [5.74, 6) is 0.191. The highest BCUT2D eigenvalue weighted by Crippen LogP contribution is 2.23. The summed E-state index contributed by atoms with van der Waals surface area (Å²) in [7, 11) is 0. The van der Waals surface area contributed by atoms with E-state index in [1.807, 2.05) is 36.4 Å². The lowest BCUT2D eigenvalue weighted by molar-refractivity contribution is -0.116. The van der Waals surface area contributed by atoms with Gasteiger partial charge in [-0.2, -0.15) is 0 Å². The number of imide groups is 1. The summed E-state index contributed by atoms with van der Waals surface area (Å²) < 4.78 is 0. The highest BCUT2D eigenvalue weighted by Gasteiger charge is 2.33. The van der Waals surface area contributed by atoms with Crippen molar-refractivity contribution in [2.24, 2.45) is 0 Å². The molecule has 3 heterocycles. The first kappa shape index (κ1) is 19.0. The van der Waals surface area contributed by atoms with Crippen molar-refractivity contribution in [3.63, 3.8) is 0 Å². The Hall–Kier alpha value is -4.00. The molecule has 3 amide bonds. The molecular weight excluding hydrogens is 390 g/mol. The van der Waals surface area contributed by atoms with Crippen molar-refractivity contribution in [2.75, 3.05) is 11.4 Å². The van der Waals surface area contributed by atoms with Gasteiger partial charge in [0.15, 0.2) is 0 Å². The number of fused-ring (bicyclic) bond motifs is 1. The Morgan fingerprint density at radius 3 is 2.58 bits per heavy atom. The Bertz CT molecular complexity index is 1180. The molecule has 1 fully saturated rings. The van der Waals surface area contributed by atoms with Crippen LogP contribution in [-0.4, -0.2) is 33.4 Å². The van der Waals surface area contributed by atoms with Crippen LogP contribution in [-0.2, 0) is 24.3 Å². The topological polar surface area (TPSA) is 78.4 Å². The zero-order chi connectivity index (χ0) is 21.2. The number of anilines is 1. The fourth-order valence-corrected chi connectivity index (χ4v) is 3.93. The summed E-state index contributed by atoms with van der Waals surface area (Å²) in [6.45, 7) is 1.89. The lowest BCUT2D eigenvalue weighted by atomic mass is 10.0. The summed E-state index contributed by atoms with van der Waals surface area (Å²) in [5.41, 5.74) is 4.43. The third-order valence-electron chi connectivity index (χ3n) is 5.54. The molecule has 0 radical (unpaired) electrons. The summed E-state index contributed by atoms with van der Waals surface area (Å²) in [6, 6.07) is 19.3. The second-order valence-corrected chi connectivity index (χ2v) is 7.58. The highest BCUT2D eigenvalue weighted by molar-refractivity contribution is 6.13. The number of rotatable bonds is 4. The van der Waals surface area contributed by atoms with Crippen LogP contribution in [0.5, 0.6) is 0 Å². The Labute approximate surface area is 180 Å². The molecule has 7 heteroatoms. The molecule has 0 bridgehead atoms. The molecule has 31 heavy (non-hydrogen) atoms. The van der Waals surface area contributed by atoms with E-state index in [0.29, 0.717) is 18.2 Å². The summed E-state index contributed by atoms with van der Waals surface area (Å²) >= 11 is 0. The molecule has 3 aromatic rings. The van der Waals surface area contributed by atoms with E-state index in [4.69, 9.17) is 0 Å². The molecule has 1 saturated heterocycles. The van der Waals surface area contributed by atoms with Crippen LogP contribution in [0.4, 0.5) is 10.7 Å². The fraction of sp³-hybridized carbons (Fsp3) is 0.167. The number of hydrogen-bond acceptors (Lipinski definition) is 5. The van der Waals surface area contributed by atoms with E-state index in [1.165, 1.54) is 16.0 Å². The molecule has 2 aromatic carbocycles. The highest BCUT2D eigenvalue weighted by atomic mass is 16.2. The first-order valence-electron chi connectivity index (χ1n) is 10.2. The van der Waals surface area contributed by atoms with Gasteiger partial charge in [0.1, 0.15) is 5.70 Å². The molecule has 1 N–H and O–H groups in total. The molecule has 0 spiro atoms. The number of carbonyl (C=O) groups excluding carboxylic acids is 2. The minimum atomic E-state index is -0.429. The van der Waals surface area contributed by atoms with Gasteiger partial charge in [0.25, 0.3) is 5.91 Å². The van der Waals surface area contributed by atoms with Gasteiger partial charge in [-0.15, -0.1) is 0 Å². The van der Waals surface area contributed by atoms with Gasteiger partial charge in [0.2, 0.25) is 5.95 Å². The Balaban J connectivity index is 1.41. The fourth-order valence-electron chi connectivity index (χ4n) is 3.93. The third kappa shape index (κ3) is 3.90. The van der Waals surface area contributed by atoms with Crippen molar-refractivity contribution in [1.82, 2.24) is 20.2 Å². The van der Waals surface area contributed by atoms with Crippen molar-refractivity contribution >= 4 is 24.0 Å². The molecule has 0 saturated carbocycles. The second-order valence-electron chi connectivity index (χ2n) is 7.58. The largest absolute Gasteiger partial charge is 0.336 e. The molecule has 5 rings (SSSR count). The number of carbonyl (C=O) groups is 2. The number of aromatic nitrogens is 2. The Kier molecular flexibility index (Phi) is 4.92. The number of nitrogens with one attached hydrogen (secondary N) is 1. The summed E-state index contributed by atoms with van der Waals surface area (Å²) in [6.07, 6.45) is 4.27. The lowest BCUT2D eigenvalue weighted by Crippen LogP contribution is -2.31. The van der Waals surface area contributed by atoms with E-state index in [1.54, 1.807) is 18.3 Å². The van der Waals surface area contributed by atoms with Crippen LogP contribution >= 0.6 is 0 Å². The van der Waals surface area contributed by atoms with Gasteiger partial charge in [-0.25, -0.2) is 14.8 Å². The average Bonchev–Trinajstić information content (AvgIpc) is 3.06. The van der Waals surface area contributed by atoms with Crippen LogP contribution < -0.4 is 10.2 Å². The van der Waals surface area contributed by atoms with Crippen molar-refractivity contribution in [2.45, 2.75) is 19.5 Å². The predicted molar refractivity (Wildman–Crippen MR) is 117 cm³/mol. The van der Waals surface area contributed by atoms with E-state index in [0.717, 1.165) is 25.1 Å². The van der Waals surface area contributed by atoms with Gasteiger partial charge >= 0.3 is 6.03 Å². The lowest BCUT2D eigenvalue weighted by Gasteiger charge is -2.28. The molecule has 0 atom stereocenters. The number of hydrogen-bond donors (Lipinski definition) is 1. The van der Waals surface area contributed by atoms with Crippen LogP contribution in [0.2, 0.25) is 0 Å². The van der Waals surface area contributed by atoms with Gasteiger partial charge in [-0.05, 0) is 35.3 Å². The van der Waals surface area contributed by atoms with E-state index in [9.17, 15) is 9.59 Å². The maximum atomic E-state index is 12.4.